The van der Waals surface area contributed by atoms with E-state index in [1.807, 2.05) is 162 Å². The molecule has 0 aromatic heterocycles. The predicted molar refractivity (Wildman–Crippen MR) is 146 cm³/mol. The first-order chi connectivity index (χ1) is 17.5. The summed E-state index contributed by atoms with van der Waals surface area (Å²) in [5.41, 5.74) is 5.22. The number of hydrogen-bond acceptors (Lipinski definition) is 6. The molecule has 3 aromatic rings. The number of rotatable bonds is 4. The van der Waals surface area contributed by atoms with Gasteiger partial charge in [-0.05, 0) is 58.3 Å². The maximum Gasteiger partial charge on any atom is 0 e. The molecule has 7 heteroatoms. The van der Waals surface area contributed by atoms with Gasteiger partial charge in [0.1, 0.15) is 0 Å². The van der Waals surface area contributed by atoms with Crippen LogP contribution in [-0.2, 0) is 20.1 Å². The Morgan fingerprint density at radius 3 is 1.41 bits per heavy atom. The fourth-order valence-electron chi connectivity index (χ4n) is 3.85. The summed E-state index contributed by atoms with van der Waals surface area (Å²) in [4.78, 5) is 12.2. The van der Waals surface area contributed by atoms with Crippen LogP contribution >= 0.6 is 0 Å². The van der Waals surface area contributed by atoms with Crippen LogP contribution in [0.4, 0.5) is 17.1 Å². The van der Waals surface area contributed by atoms with Gasteiger partial charge in [-0.25, -0.2) is 11.1 Å². The molecule has 37 heavy (non-hydrogen) atoms. The Morgan fingerprint density at radius 2 is 0.973 bits per heavy atom. The molecule has 0 fully saturated rings. The molecule has 0 saturated heterocycles. The van der Waals surface area contributed by atoms with Crippen molar-refractivity contribution < 1.29 is 20.1 Å². The van der Waals surface area contributed by atoms with Crippen molar-refractivity contribution in [2.75, 3.05) is 35.8 Å². The monoisotopic (exact) mass is 665 g/mol. The van der Waals surface area contributed by atoms with Crippen molar-refractivity contribution in [2.45, 2.75) is 0 Å². The van der Waals surface area contributed by atoms with Gasteiger partial charge in [0.25, 0.3) is 0 Å². The van der Waals surface area contributed by atoms with Gasteiger partial charge in [-0.3, -0.25) is 0 Å². The molecule has 3 aliphatic heterocycles. The Labute approximate surface area is 234 Å². The SMILES string of the molecule is CN1C=CN(c2[c-]c(-c3[c-]cccc3)ccc2)[CH-]1.CN1C=CN(c2[c-]c(N3C=CN(C)[CH-]3)ccc2)[CH-]1.[Ir]. The summed E-state index contributed by atoms with van der Waals surface area (Å²) in [7, 11) is 6.02. The van der Waals surface area contributed by atoms with Gasteiger partial charge in [-0.15, -0.1) is 41.7 Å². The summed E-state index contributed by atoms with van der Waals surface area (Å²) >= 11 is 0. The van der Waals surface area contributed by atoms with E-state index in [0.717, 1.165) is 28.2 Å². The van der Waals surface area contributed by atoms with Crippen LogP contribution in [0.5, 0.6) is 0 Å². The van der Waals surface area contributed by atoms with Gasteiger partial charge in [-0.1, -0.05) is 5.69 Å². The largest absolute Gasteiger partial charge is 0.510 e. The van der Waals surface area contributed by atoms with Gasteiger partial charge in [-0.2, -0.15) is 68.5 Å². The van der Waals surface area contributed by atoms with Crippen molar-refractivity contribution in [3.63, 3.8) is 0 Å². The van der Waals surface area contributed by atoms with Crippen molar-refractivity contribution in [1.29, 1.82) is 0 Å². The second-order valence-corrected chi connectivity index (χ2v) is 8.61. The average molecular weight is 665 g/mol. The van der Waals surface area contributed by atoms with Crippen LogP contribution in [0, 0.1) is 38.2 Å². The molecule has 193 valence electrons. The summed E-state index contributed by atoms with van der Waals surface area (Å²) in [6.45, 7) is 6.06. The number of anilines is 3. The molecule has 3 aliphatic rings. The molecule has 1 radical (unpaired) electrons. The molecule has 6 nitrogen and oxygen atoms in total. The molecule has 0 bridgehead atoms. The molecule has 3 aromatic carbocycles. The van der Waals surface area contributed by atoms with Gasteiger partial charge >= 0.3 is 0 Å². The zero-order valence-corrected chi connectivity index (χ0v) is 23.4. The van der Waals surface area contributed by atoms with E-state index in [9.17, 15) is 0 Å². The molecule has 0 aliphatic carbocycles. The first-order valence-electron chi connectivity index (χ1n) is 11.7. The Bertz CT molecular complexity index is 1220. The van der Waals surface area contributed by atoms with E-state index in [4.69, 9.17) is 0 Å². The van der Waals surface area contributed by atoms with Crippen LogP contribution in [0.1, 0.15) is 0 Å². The molecular weight excluding hydrogens is 637 g/mol. The molecule has 0 N–H and O–H groups in total. The summed E-state index contributed by atoms with van der Waals surface area (Å²) in [5, 5.41) is 0. The van der Waals surface area contributed by atoms with Crippen LogP contribution < -0.4 is 14.7 Å². The molecule has 6 rings (SSSR count). The van der Waals surface area contributed by atoms with Crippen molar-refractivity contribution in [3.8, 4) is 11.1 Å². The minimum absolute atomic E-state index is 0. The van der Waals surface area contributed by atoms with E-state index in [0.29, 0.717) is 0 Å². The smallest absolute Gasteiger partial charge is 0 e. The standard InChI is InChI=1S/C16H13N2.C14H15N4.Ir/c1-17-10-11-18(13-17)16-9-5-8-15(12-16)14-6-3-2-4-7-14;1-15-6-8-17(11-15)13-4-3-5-14(10-13)18-9-7-16(2)12-18;/h2-6,8-11,13H,1H3;3-9,11-12H,1-2H3;/q2*-3;. The summed E-state index contributed by atoms with van der Waals surface area (Å²) < 4.78 is 0. The normalized spacial score (nSPS) is 15.9. The first-order valence-corrected chi connectivity index (χ1v) is 11.7. The van der Waals surface area contributed by atoms with Gasteiger partial charge in [0.2, 0.25) is 0 Å². The minimum Gasteiger partial charge on any atom is -0.510 e. The van der Waals surface area contributed by atoms with Crippen molar-refractivity contribution in [3.05, 3.63) is 136 Å². The third-order valence-electron chi connectivity index (χ3n) is 5.68. The second-order valence-electron chi connectivity index (χ2n) is 8.61. The molecule has 0 unspecified atom stereocenters. The van der Waals surface area contributed by atoms with Crippen molar-refractivity contribution >= 4 is 17.1 Å². The van der Waals surface area contributed by atoms with Crippen LogP contribution in [0.25, 0.3) is 11.1 Å². The Balaban J connectivity index is 0.000000168. The van der Waals surface area contributed by atoms with E-state index in [2.05, 4.69) is 24.3 Å². The zero-order valence-electron chi connectivity index (χ0n) is 21.0. The fraction of sp³-hybridized carbons (Fsp3) is 0.100. The molecular formula is C30H28IrN6-6. The van der Waals surface area contributed by atoms with E-state index in [-0.39, 0.29) is 20.1 Å². The second kappa shape index (κ2) is 12.0. The summed E-state index contributed by atoms with van der Waals surface area (Å²) in [6, 6.07) is 30.3. The first kappa shape index (κ1) is 26.4. The van der Waals surface area contributed by atoms with Crippen LogP contribution in [-0.4, -0.2) is 35.8 Å². The van der Waals surface area contributed by atoms with Crippen LogP contribution in [0.3, 0.4) is 0 Å². The molecule has 0 amide bonds. The quantitative estimate of drug-likeness (QED) is 0.343. The third-order valence-corrected chi connectivity index (χ3v) is 5.68. The predicted octanol–water partition coefficient (Wildman–Crippen LogP) is 5.47. The van der Waals surface area contributed by atoms with Gasteiger partial charge in [0.05, 0.1) is 0 Å². The van der Waals surface area contributed by atoms with Gasteiger partial charge < -0.3 is 29.4 Å². The molecule has 0 saturated carbocycles. The Hall–Kier alpha value is -3.67. The Morgan fingerprint density at radius 1 is 0.514 bits per heavy atom. The molecule has 0 spiro atoms. The van der Waals surface area contributed by atoms with Crippen LogP contribution in [0.2, 0.25) is 0 Å². The maximum atomic E-state index is 3.41. The van der Waals surface area contributed by atoms with E-state index in [1.54, 1.807) is 0 Å². The number of nitrogens with zero attached hydrogens (tertiary/aromatic N) is 6. The van der Waals surface area contributed by atoms with Crippen LogP contribution in [0.15, 0.2) is 97.9 Å². The molecule has 3 heterocycles. The van der Waals surface area contributed by atoms with Gasteiger partial charge in [0, 0.05) is 20.1 Å². The van der Waals surface area contributed by atoms with Gasteiger partial charge in [0.15, 0.2) is 0 Å². The summed E-state index contributed by atoms with van der Waals surface area (Å²) in [5.74, 6) is 0. The van der Waals surface area contributed by atoms with E-state index < -0.39 is 0 Å². The number of hydrogen-bond donors (Lipinski definition) is 0. The Kier molecular flexibility index (Phi) is 8.59. The van der Waals surface area contributed by atoms with Crippen molar-refractivity contribution in [2.24, 2.45) is 0 Å². The topological polar surface area (TPSA) is 19.4 Å². The number of benzene rings is 3. The average Bonchev–Trinajstić information content (AvgIpc) is 3.67. The van der Waals surface area contributed by atoms with Crippen molar-refractivity contribution in [1.82, 2.24) is 14.7 Å². The van der Waals surface area contributed by atoms with E-state index in [1.165, 1.54) is 0 Å². The minimum atomic E-state index is 0. The maximum absolute atomic E-state index is 3.41. The zero-order chi connectivity index (χ0) is 24.9. The molecule has 0 atom stereocenters. The summed E-state index contributed by atoms with van der Waals surface area (Å²) in [6.07, 6.45) is 12.1. The van der Waals surface area contributed by atoms with E-state index >= 15 is 0 Å². The fourth-order valence-corrected chi connectivity index (χ4v) is 3.85. The third kappa shape index (κ3) is 6.56.